The Morgan fingerprint density at radius 1 is 1.61 bits per heavy atom. The highest BCUT2D eigenvalue weighted by Crippen LogP contribution is 2.21. The van der Waals surface area contributed by atoms with Gasteiger partial charge in [-0.1, -0.05) is 20.3 Å². The molecule has 2 unspecified atom stereocenters. The molecule has 0 saturated heterocycles. The number of carbonyl (C=O) groups is 1. The quantitative estimate of drug-likeness (QED) is 0.721. The number of aliphatic hydroxyl groups is 1. The molecule has 0 aromatic carbocycles. The second-order valence-electron chi connectivity index (χ2n) is 4.72. The van der Waals surface area contributed by atoms with Gasteiger partial charge in [0.25, 0.3) is 0 Å². The van der Waals surface area contributed by atoms with Gasteiger partial charge in [0.15, 0.2) is 0 Å². The van der Waals surface area contributed by atoms with Gasteiger partial charge in [0, 0.05) is 12.7 Å². The third kappa shape index (κ3) is 3.43. The first-order valence-electron chi connectivity index (χ1n) is 6.03. The lowest BCUT2D eigenvalue weighted by Crippen LogP contribution is -2.40. The molecular weight excluding hydrogens is 232 g/mol. The smallest absolute Gasteiger partial charge is 0.339 e. The predicted octanol–water partition coefficient (Wildman–Crippen LogP) is 1.99. The summed E-state index contributed by atoms with van der Waals surface area (Å²) in [5.74, 6) is -0.635. The summed E-state index contributed by atoms with van der Waals surface area (Å²) in [6, 6.07) is 3.05. The van der Waals surface area contributed by atoms with Gasteiger partial charge in [-0.25, -0.2) is 9.78 Å². The van der Waals surface area contributed by atoms with Crippen LogP contribution in [-0.4, -0.2) is 33.3 Å². The fourth-order valence-corrected chi connectivity index (χ4v) is 1.60. The van der Waals surface area contributed by atoms with E-state index in [0.29, 0.717) is 0 Å². The summed E-state index contributed by atoms with van der Waals surface area (Å²) < 4.78 is 0. The molecule has 0 aliphatic rings. The van der Waals surface area contributed by atoms with E-state index in [0.717, 1.165) is 6.42 Å². The van der Waals surface area contributed by atoms with E-state index in [-0.39, 0.29) is 23.8 Å². The number of carboxylic acid groups (broad SMARTS) is 1. The van der Waals surface area contributed by atoms with Crippen LogP contribution in [0.2, 0.25) is 0 Å². The van der Waals surface area contributed by atoms with Crippen molar-refractivity contribution < 1.29 is 15.0 Å². The lowest BCUT2D eigenvalue weighted by atomic mass is 9.88. The Morgan fingerprint density at radius 2 is 2.28 bits per heavy atom. The monoisotopic (exact) mass is 252 g/mol. The minimum atomic E-state index is -1.03. The van der Waals surface area contributed by atoms with Gasteiger partial charge in [-0.15, -0.1) is 0 Å². The summed E-state index contributed by atoms with van der Waals surface area (Å²) in [5.41, 5.74) is -0.792. The zero-order valence-corrected chi connectivity index (χ0v) is 11.0. The highest BCUT2D eigenvalue weighted by atomic mass is 16.4. The van der Waals surface area contributed by atoms with Crippen LogP contribution in [0, 0.1) is 5.92 Å². The Labute approximate surface area is 107 Å². The topological polar surface area (TPSA) is 82.5 Å². The second kappa shape index (κ2) is 5.82. The first kappa shape index (κ1) is 14.4. The molecule has 0 amide bonds. The Bertz CT molecular complexity index is 418. The predicted molar refractivity (Wildman–Crippen MR) is 69.8 cm³/mol. The molecule has 0 radical (unpaired) electrons. The van der Waals surface area contributed by atoms with E-state index >= 15 is 0 Å². The van der Waals surface area contributed by atoms with Crippen molar-refractivity contribution in [2.24, 2.45) is 5.92 Å². The van der Waals surface area contributed by atoms with Gasteiger partial charge in [-0.05, 0) is 25.0 Å². The maximum atomic E-state index is 11.0. The van der Waals surface area contributed by atoms with Crippen molar-refractivity contribution in [2.75, 3.05) is 11.9 Å². The highest BCUT2D eigenvalue weighted by molar-refractivity contribution is 5.92. The molecule has 1 aromatic rings. The maximum absolute atomic E-state index is 11.0. The van der Waals surface area contributed by atoms with Crippen molar-refractivity contribution in [3.8, 4) is 0 Å². The van der Waals surface area contributed by atoms with Gasteiger partial charge in [0.1, 0.15) is 11.4 Å². The van der Waals surface area contributed by atoms with Crippen LogP contribution in [0.3, 0.4) is 0 Å². The molecule has 5 nitrogen and oxygen atoms in total. The number of rotatable bonds is 6. The SMILES string of the molecule is CCC(C)C(C)(O)CNc1ncccc1C(=O)O. The van der Waals surface area contributed by atoms with Crippen LogP contribution in [0.25, 0.3) is 0 Å². The minimum Gasteiger partial charge on any atom is -0.478 e. The van der Waals surface area contributed by atoms with Gasteiger partial charge < -0.3 is 15.5 Å². The molecule has 1 heterocycles. The van der Waals surface area contributed by atoms with Crippen molar-refractivity contribution in [1.82, 2.24) is 4.98 Å². The number of carboxylic acids is 1. The number of hydrogen-bond donors (Lipinski definition) is 3. The van der Waals surface area contributed by atoms with Crippen LogP contribution < -0.4 is 5.32 Å². The van der Waals surface area contributed by atoms with E-state index in [1.807, 2.05) is 13.8 Å². The largest absolute Gasteiger partial charge is 0.478 e. The number of aromatic carboxylic acids is 1. The van der Waals surface area contributed by atoms with E-state index in [9.17, 15) is 9.90 Å². The van der Waals surface area contributed by atoms with Crippen molar-refractivity contribution in [3.05, 3.63) is 23.9 Å². The number of anilines is 1. The normalized spacial score (nSPS) is 15.8. The number of pyridine rings is 1. The average Bonchev–Trinajstić information content (AvgIpc) is 2.35. The van der Waals surface area contributed by atoms with Gasteiger partial charge in [0.05, 0.1) is 5.60 Å². The lowest BCUT2D eigenvalue weighted by Gasteiger charge is -2.30. The third-order valence-corrected chi connectivity index (χ3v) is 3.33. The highest BCUT2D eigenvalue weighted by Gasteiger charge is 2.27. The average molecular weight is 252 g/mol. The van der Waals surface area contributed by atoms with E-state index < -0.39 is 11.6 Å². The van der Waals surface area contributed by atoms with Crippen LogP contribution in [0.1, 0.15) is 37.6 Å². The molecule has 0 aliphatic carbocycles. The third-order valence-electron chi connectivity index (χ3n) is 3.33. The first-order valence-corrected chi connectivity index (χ1v) is 6.03. The number of nitrogens with zero attached hydrogens (tertiary/aromatic N) is 1. The summed E-state index contributed by atoms with van der Waals surface area (Å²) in [7, 11) is 0. The Hall–Kier alpha value is -1.62. The molecule has 3 N–H and O–H groups in total. The van der Waals surface area contributed by atoms with Gasteiger partial charge in [0.2, 0.25) is 0 Å². The van der Waals surface area contributed by atoms with Crippen LogP contribution in [0.5, 0.6) is 0 Å². The Morgan fingerprint density at radius 3 is 2.83 bits per heavy atom. The summed E-state index contributed by atoms with van der Waals surface area (Å²) >= 11 is 0. The molecule has 0 fully saturated rings. The number of hydrogen-bond acceptors (Lipinski definition) is 4. The van der Waals surface area contributed by atoms with Gasteiger partial charge >= 0.3 is 5.97 Å². The standard InChI is InChI=1S/C13H20N2O3/c1-4-9(2)13(3,18)8-15-11-10(12(16)17)6-5-7-14-11/h5-7,9,18H,4,8H2,1-3H3,(H,14,15)(H,16,17). The molecule has 100 valence electrons. The molecule has 0 spiro atoms. The van der Waals surface area contributed by atoms with Gasteiger partial charge in [-0.3, -0.25) is 0 Å². The molecule has 1 aromatic heterocycles. The van der Waals surface area contributed by atoms with Crippen molar-refractivity contribution in [3.63, 3.8) is 0 Å². The zero-order valence-electron chi connectivity index (χ0n) is 11.0. The van der Waals surface area contributed by atoms with E-state index in [1.54, 1.807) is 13.0 Å². The molecule has 0 aliphatic heterocycles. The molecule has 0 saturated carbocycles. The summed E-state index contributed by atoms with van der Waals surface area (Å²) in [4.78, 5) is 15.0. The van der Waals surface area contributed by atoms with E-state index in [1.165, 1.54) is 12.3 Å². The van der Waals surface area contributed by atoms with Crippen molar-refractivity contribution in [2.45, 2.75) is 32.8 Å². The van der Waals surface area contributed by atoms with Crippen LogP contribution in [0.4, 0.5) is 5.82 Å². The molecule has 1 rings (SSSR count). The van der Waals surface area contributed by atoms with Crippen LogP contribution >= 0.6 is 0 Å². The van der Waals surface area contributed by atoms with Crippen molar-refractivity contribution in [1.29, 1.82) is 0 Å². The fraction of sp³-hybridized carbons (Fsp3) is 0.538. The van der Waals surface area contributed by atoms with Crippen LogP contribution in [0.15, 0.2) is 18.3 Å². The van der Waals surface area contributed by atoms with Crippen LogP contribution in [-0.2, 0) is 0 Å². The molecule has 0 bridgehead atoms. The molecular formula is C13H20N2O3. The Kier molecular flexibility index (Phi) is 4.67. The molecule has 5 heteroatoms. The lowest BCUT2D eigenvalue weighted by molar-refractivity contribution is 0.0174. The van der Waals surface area contributed by atoms with E-state index in [2.05, 4.69) is 10.3 Å². The minimum absolute atomic E-state index is 0.109. The van der Waals surface area contributed by atoms with E-state index in [4.69, 9.17) is 5.11 Å². The summed E-state index contributed by atoms with van der Waals surface area (Å²) in [6.45, 7) is 5.96. The van der Waals surface area contributed by atoms with Gasteiger partial charge in [-0.2, -0.15) is 0 Å². The summed E-state index contributed by atoms with van der Waals surface area (Å²) in [6.07, 6.45) is 2.37. The second-order valence-corrected chi connectivity index (χ2v) is 4.72. The number of aromatic nitrogens is 1. The first-order chi connectivity index (χ1) is 8.38. The molecule has 18 heavy (non-hydrogen) atoms. The molecule has 2 atom stereocenters. The van der Waals surface area contributed by atoms with Crippen molar-refractivity contribution >= 4 is 11.8 Å². The zero-order chi connectivity index (χ0) is 13.8. The fourth-order valence-electron chi connectivity index (χ4n) is 1.60. The maximum Gasteiger partial charge on any atom is 0.339 e. The Balaban J connectivity index is 2.78. The number of nitrogens with one attached hydrogen (secondary N) is 1. The summed E-state index contributed by atoms with van der Waals surface area (Å²) in [5, 5.41) is 22.2.